The second kappa shape index (κ2) is 6.77. The van der Waals surface area contributed by atoms with Gasteiger partial charge in [0.25, 0.3) is 11.6 Å². The Balaban J connectivity index is 2.35. The van der Waals surface area contributed by atoms with E-state index in [9.17, 15) is 14.9 Å². The summed E-state index contributed by atoms with van der Waals surface area (Å²) in [7, 11) is 1.94. The summed E-state index contributed by atoms with van der Waals surface area (Å²) in [6.07, 6.45) is 1.93. The molecule has 1 aliphatic rings. The highest BCUT2D eigenvalue weighted by atomic mass is 16.6. The minimum absolute atomic E-state index is 0.112. The van der Waals surface area contributed by atoms with Gasteiger partial charge in [-0.2, -0.15) is 0 Å². The number of likely N-dealkylation sites (tertiary alicyclic amines) is 1. The van der Waals surface area contributed by atoms with Crippen LogP contribution in [0.1, 0.15) is 37.0 Å². The van der Waals surface area contributed by atoms with E-state index in [1.165, 1.54) is 6.07 Å². The Morgan fingerprint density at radius 3 is 2.55 bits per heavy atom. The number of nitrogens with zero attached hydrogens (tertiary/aromatic N) is 3. The van der Waals surface area contributed by atoms with Crippen molar-refractivity contribution in [3.8, 4) is 0 Å². The Bertz CT molecular complexity index is 566. The van der Waals surface area contributed by atoms with E-state index < -0.39 is 4.92 Å². The molecule has 0 spiro atoms. The van der Waals surface area contributed by atoms with Gasteiger partial charge in [-0.1, -0.05) is 13.8 Å². The Hall–Kier alpha value is -2.11. The van der Waals surface area contributed by atoms with Crippen LogP contribution in [0.15, 0.2) is 18.2 Å². The first kappa shape index (κ1) is 16.3. The zero-order valence-electron chi connectivity index (χ0n) is 13.4. The number of hydrogen-bond donors (Lipinski definition) is 0. The molecular formula is C16H23N3O3. The number of nitro groups is 1. The van der Waals surface area contributed by atoms with Crippen LogP contribution in [-0.4, -0.2) is 42.4 Å². The van der Waals surface area contributed by atoms with Gasteiger partial charge in [-0.05, 0) is 30.9 Å². The number of benzene rings is 1. The minimum atomic E-state index is -0.477. The molecule has 1 aliphatic heterocycles. The molecule has 1 aromatic rings. The van der Waals surface area contributed by atoms with Crippen molar-refractivity contribution in [2.24, 2.45) is 5.92 Å². The van der Waals surface area contributed by atoms with Crippen LogP contribution in [0, 0.1) is 16.0 Å². The minimum Gasteiger partial charge on any atom is -0.374 e. The largest absolute Gasteiger partial charge is 0.374 e. The van der Waals surface area contributed by atoms with E-state index in [0.29, 0.717) is 19.0 Å². The van der Waals surface area contributed by atoms with Crippen molar-refractivity contribution in [2.75, 3.05) is 31.6 Å². The van der Waals surface area contributed by atoms with Gasteiger partial charge in [0.15, 0.2) is 0 Å². The lowest BCUT2D eigenvalue weighted by Gasteiger charge is -2.22. The maximum Gasteiger partial charge on any atom is 0.282 e. The van der Waals surface area contributed by atoms with Crippen LogP contribution in [0.25, 0.3) is 0 Å². The first-order valence-corrected chi connectivity index (χ1v) is 7.69. The van der Waals surface area contributed by atoms with Gasteiger partial charge in [0.1, 0.15) is 5.56 Å². The molecule has 1 aromatic carbocycles. The third-order valence-electron chi connectivity index (χ3n) is 3.88. The van der Waals surface area contributed by atoms with Gasteiger partial charge < -0.3 is 9.80 Å². The van der Waals surface area contributed by atoms with Crippen molar-refractivity contribution in [1.29, 1.82) is 0 Å². The van der Waals surface area contributed by atoms with Gasteiger partial charge >= 0.3 is 0 Å². The monoisotopic (exact) mass is 305 g/mol. The number of amides is 1. The average molecular weight is 305 g/mol. The standard InChI is InChI=1S/C16H23N3O3/c1-12(2)11-17(3)13-6-7-15(19(21)22)14(10-13)16(20)18-8-4-5-9-18/h6-7,10,12H,4-5,8-9,11H2,1-3H3. The third-order valence-corrected chi connectivity index (χ3v) is 3.88. The van der Waals surface area contributed by atoms with E-state index in [1.54, 1.807) is 17.0 Å². The highest BCUT2D eigenvalue weighted by Crippen LogP contribution is 2.27. The molecule has 120 valence electrons. The van der Waals surface area contributed by atoms with Crippen molar-refractivity contribution in [2.45, 2.75) is 26.7 Å². The molecule has 1 amide bonds. The second-order valence-corrected chi connectivity index (χ2v) is 6.23. The van der Waals surface area contributed by atoms with Crippen LogP contribution in [0.5, 0.6) is 0 Å². The van der Waals surface area contributed by atoms with Gasteiger partial charge in [-0.15, -0.1) is 0 Å². The molecule has 2 rings (SSSR count). The number of carbonyl (C=O) groups excluding carboxylic acids is 1. The zero-order valence-corrected chi connectivity index (χ0v) is 13.4. The van der Waals surface area contributed by atoms with Gasteiger partial charge in [-0.25, -0.2) is 0 Å². The van der Waals surface area contributed by atoms with E-state index >= 15 is 0 Å². The van der Waals surface area contributed by atoms with Crippen molar-refractivity contribution >= 4 is 17.3 Å². The number of carbonyl (C=O) groups is 1. The average Bonchev–Trinajstić information content (AvgIpc) is 2.99. The maximum absolute atomic E-state index is 12.6. The Labute approximate surface area is 130 Å². The smallest absolute Gasteiger partial charge is 0.282 e. The highest BCUT2D eigenvalue weighted by Gasteiger charge is 2.27. The fraction of sp³-hybridized carbons (Fsp3) is 0.562. The summed E-state index contributed by atoms with van der Waals surface area (Å²) in [4.78, 5) is 27.0. The maximum atomic E-state index is 12.6. The lowest BCUT2D eigenvalue weighted by atomic mass is 10.1. The normalized spacial score (nSPS) is 14.5. The molecule has 1 fully saturated rings. The first-order valence-electron chi connectivity index (χ1n) is 7.69. The number of anilines is 1. The molecule has 1 saturated heterocycles. The molecule has 0 aromatic heterocycles. The number of rotatable bonds is 5. The molecule has 22 heavy (non-hydrogen) atoms. The van der Waals surface area contributed by atoms with Crippen LogP contribution in [0.2, 0.25) is 0 Å². The van der Waals surface area contributed by atoms with Crippen LogP contribution in [0.4, 0.5) is 11.4 Å². The van der Waals surface area contributed by atoms with Gasteiger partial charge in [0, 0.05) is 38.4 Å². The summed E-state index contributed by atoms with van der Waals surface area (Å²) >= 11 is 0. The SMILES string of the molecule is CC(C)CN(C)c1ccc([N+](=O)[O-])c(C(=O)N2CCCC2)c1. The lowest BCUT2D eigenvalue weighted by Crippen LogP contribution is -2.29. The van der Waals surface area contributed by atoms with Crippen LogP contribution < -0.4 is 4.90 Å². The van der Waals surface area contributed by atoms with Gasteiger partial charge in [-0.3, -0.25) is 14.9 Å². The molecule has 0 unspecified atom stereocenters. The topological polar surface area (TPSA) is 66.7 Å². The molecule has 6 heteroatoms. The summed E-state index contributed by atoms with van der Waals surface area (Å²) in [6.45, 7) is 6.41. The van der Waals surface area contributed by atoms with Crippen LogP contribution in [0.3, 0.4) is 0 Å². The molecule has 0 aliphatic carbocycles. The van der Waals surface area contributed by atoms with Crippen molar-refractivity contribution in [1.82, 2.24) is 4.90 Å². The molecule has 0 N–H and O–H groups in total. The Kier molecular flexibility index (Phi) is 5.00. The van der Waals surface area contributed by atoms with E-state index in [2.05, 4.69) is 13.8 Å². The lowest BCUT2D eigenvalue weighted by molar-refractivity contribution is -0.385. The molecule has 1 heterocycles. The summed E-state index contributed by atoms with van der Waals surface area (Å²) in [6, 6.07) is 4.80. The predicted molar refractivity (Wildman–Crippen MR) is 86.3 cm³/mol. The Morgan fingerprint density at radius 1 is 1.36 bits per heavy atom. The molecule has 6 nitrogen and oxygen atoms in total. The predicted octanol–water partition coefficient (Wildman–Crippen LogP) is 2.92. The summed E-state index contributed by atoms with van der Waals surface area (Å²) in [5.74, 6) is 0.238. The van der Waals surface area contributed by atoms with E-state index in [1.807, 2.05) is 11.9 Å². The summed E-state index contributed by atoms with van der Waals surface area (Å²) in [5, 5.41) is 11.2. The van der Waals surface area contributed by atoms with Crippen molar-refractivity contribution in [3.05, 3.63) is 33.9 Å². The molecular weight excluding hydrogens is 282 g/mol. The van der Waals surface area contributed by atoms with Crippen LogP contribution >= 0.6 is 0 Å². The van der Waals surface area contributed by atoms with Crippen LogP contribution in [-0.2, 0) is 0 Å². The van der Waals surface area contributed by atoms with E-state index in [-0.39, 0.29) is 17.2 Å². The first-order chi connectivity index (χ1) is 10.4. The van der Waals surface area contributed by atoms with Crippen molar-refractivity contribution in [3.63, 3.8) is 0 Å². The van der Waals surface area contributed by atoms with Gasteiger partial charge in [0.2, 0.25) is 0 Å². The van der Waals surface area contributed by atoms with Gasteiger partial charge in [0.05, 0.1) is 4.92 Å². The molecule has 0 radical (unpaired) electrons. The Morgan fingerprint density at radius 2 is 2.00 bits per heavy atom. The fourth-order valence-corrected chi connectivity index (χ4v) is 2.84. The summed E-state index contributed by atoms with van der Waals surface area (Å²) in [5.41, 5.74) is 0.917. The molecule has 0 atom stereocenters. The van der Waals surface area contributed by atoms with Crippen molar-refractivity contribution < 1.29 is 9.72 Å². The second-order valence-electron chi connectivity index (χ2n) is 6.23. The number of hydrogen-bond acceptors (Lipinski definition) is 4. The quantitative estimate of drug-likeness (QED) is 0.619. The van der Waals surface area contributed by atoms with E-state index in [4.69, 9.17) is 0 Å². The summed E-state index contributed by atoms with van der Waals surface area (Å²) < 4.78 is 0. The molecule has 0 saturated carbocycles. The zero-order chi connectivity index (χ0) is 16.3. The third kappa shape index (κ3) is 3.55. The molecule has 0 bridgehead atoms. The number of nitro benzene ring substituents is 1. The van der Waals surface area contributed by atoms with E-state index in [0.717, 1.165) is 25.1 Å². The highest BCUT2D eigenvalue weighted by molar-refractivity contribution is 5.99. The fourth-order valence-electron chi connectivity index (χ4n) is 2.84.